The van der Waals surface area contributed by atoms with E-state index in [4.69, 9.17) is 25.7 Å². The van der Waals surface area contributed by atoms with Crippen LogP contribution in [0.25, 0.3) is 0 Å². The first-order valence-corrected chi connectivity index (χ1v) is 11.1. The quantitative estimate of drug-likeness (QED) is 0.220. The maximum Gasteiger partial charge on any atom is 0.347 e. The highest BCUT2D eigenvalue weighted by Gasteiger charge is 2.30. The normalized spacial score (nSPS) is 11.6. The summed E-state index contributed by atoms with van der Waals surface area (Å²) < 4.78 is 38.1. The summed E-state index contributed by atoms with van der Waals surface area (Å²) in [5.41, 5.74) is 4.78. The number of carbonyl (C=O) groups is 2. The highest BCUT2D eigenvalue weighted by atomic mass is 32.2. The van der Waals surface area contributed by atoms with Gasteiger partial charge in [-0.05, 0) is 62.2 Å². The summed E-state index contributed by atoms with van der Waals surface area (Å²) in [4.78, 5) is 22.2. The molecule has 0 aliphatic rings. The van der Waals surface area contributed by atoms with Crippen LogP contribution in [0.3, 0.4) is 0 Å². The summed E-state index contributed by atoms with van der Waals surface area (Å²) in [6, 6.07) is 10.0. The van der Waals surface area contributed by atoms with Gasteiger partial charge in [0.25, 0.3) is 0 Å². The van der Waals surface area contributed by atoms with Gasteiger partial charge >= 0.3 is 11.9 Å². The van der Waals surface area contributed by atoms with Crippen molar-refractivity contribution < 1.29 is 37.7 Å². The highest BCUT2D eigenvalue weighted by molar-refractivity contribution is 7.89. The van der Waals surface area contributed by atoms with Crippen LogP contribution in [0, 0.1) is 5.41 Å². The zero-order chi connectivity index (χ0) is 24.8. The van der Waals surface area contributed by atoms with Gasteiger partial charge in [-0.3, -0.25) is 5.41 Å². The smallest absolute Gasteiger partial charge is 0.347 e. The third-order valence-corrected chi connectivity index (χ3v) is 5.90. The van der Waals surface area contributed by atoms with Crippen LogP contribution < -0.4 is 19.9 Å². The molecule has 2 aromatic rings. The first-order chi connectivity index (χ1) is 15.3. The molecule has 0 atom stereocenters. The predicted octanol–water partition coefficient (Wildman–Crippen LogP) is 1.20. The van der Waals surface area contributed by atoms with Crippen LogP contribution in [-0.2, 0) is 26.0 Å². The number of nitrogen functional groups attached to an aromatic ring is 1. The van der Waals surface area contributed by atoms with E-state index in [0.717, 1.165) is 0 Å². The number of sulfonamides is 1. The van der Waals surface area contributed by atoms with Gasteiger partial charge in [0.15, 0.2) is 23.7 Å². The number of aliphatic carboxylic acids is 2. The minimum Gasteiger partial charge on any atom is -0.479 e. The molecule has 0 amide bonds. The molecule has 0 aromatic heterocycles. The lowest BCUT2D eigenvalue weighted by Crippen LogP contribution is -2.38. The van der Waals surface area contributed by atoms with E-state index in [1.165, 1.54) is 50.2 Å². The number of nitrogens with two attached hydrogens (primary N) is 1. The first-order valence-electron chi connectivity index (χ1n) is 9.66. The van der Waals surface area contributed by atoms with Gasteiger partial charge in [0.1, 0.15) is 5.84 Å². The van der Waals surface area contributed by atoms with Crippen LogP contribution in [0.5, 0.6) is 11.5 Å². The molecule has 2 aromatic carbocycles. The number of carboxylic acids is 2. The fourth-order valence-electron chi connectivity index (χ4n) is 2.59. The summed E-state index contributed by atoms with van der Waals surface area (Å²) in [5, 5.41) is 25.5. The Hall–Kier alpha value is -3.64. The number of amidine groups is 1. The lowest BCUT2D eigenvalue weighted by Gasteiger charge is -2.23. The number of hydrogen-bond acceptors (Lipinski definition) is 7. The van der Waals surface area contributed by atoms with Crippen LogP contribution in [-0.4, -0.2) is 55.2 Å². The molecule has 0 radical (unpaired) electrons. The molecule has 0 fully saturated rings. The van der Waals surface area contributed by atoms with Gasteiger partial charge in [-0.1, -0.05) is 6.07 Å². The topological polar surface area (TPSA) is 189 Å². The molecular formula is C21H25N3O8S. The van der Waals surface area contributed by atoms with Crippen LogP contribution in [0.4, 0.5) is 0 Å². The van der Waals surface area contributed by atoms with Crippen LogP contribution in [0.2, 0.25) is 0 Å². The fraction of sp³-hybridized carbons (Fsp3) is 0.286. The molecule has 0 saturated heterocycles. The van der Waals surface area contributed by atoms with Gasteiger partial charge in [0.05, 0.1) is 4.90 Å². The summed E-state index contributed by atoms with van der Waals surface area (Å²) >= 11 is 0. The maximum absolute atomic E-state index is 12.5. The zero-order valence-electron chi connectivity index (χ0n) is 18.0. The monoisotopic (exact) mass is 479 g/mol. The second-order valence-electron chi connectivity index (χ2n) is 7.47. The molecular weight excluding hydrogens is 454 g/mol. The Bertz CT molecular complexity index is 1140. The molecule has 33 heavy (non-hydrogen) atoms. The van der Waals surface area contributed by atoms with E-state index in [-0.39, 0.29) is 35.2 Å². The van der Waals surface area contributed by atoms with Crippen molar-refractivity contribution in [1.29, 1.82) is 5.41 Å². The number of carboxylic acid groups (broad SMARTS) is 2. The van der Waals surface area contributed by atoms with Crippen molar-refractivity contribution in [3.8, 4) is 11.5 Å². The molecule has 0 saturated carbocycles. The Labute approximate surface area is 190 Å². The number of nitrogens with one attached hydrogen (secondary N) is 2. The largest absolute Gasteiger partial charge is 0.479 e. The van der Waals surface area contributed by atoms with Gasteiger partial charge in [-0.2, -0.15) is 0 Å². The molecule has 0 unspecified atom stereocenters. The summed E-state index contributed by atoms with van der Waals surface area (Å²) in [6.45, 7) is 2.02. The van der Waals surface area contributed by atoms with E-state index in [2.05, 4.69) is 4.72 Å². The van der Waals surface area contributed by atoms with Gasteiger partial charge in [-0.25, -0.2) is 22.7 Å². The minimum absolute atomic E-state index is 0.0117. The van der Waals surface area contributed by atoms with Crippen molar-refractivity contribution in [2.45, 2.75) is 30.8 Å². The van der Waals surface area contributed by atoms with E-state index in [1.54, 1.807) is 6.07 Å². The summed E-state index contributed by atoms with van der Waals surface area (Å²) in [6.07, 6.45) is 0.233. The average molecular weight is 480 g/mol. The van der Waals surface area contributed by atoms with Crippen molar-refractivity contribution >= 4 is 27.8 Å². The molecule has 0 heterocycles. The third kappa shape index (κ3) is 7.19. The fourth-order valence-corrected chi connectivity index (χ4v) is 3.62. The van der Waals surface area contributed by atoms with Gasteiger partial charge in [-0.15, -0.1) is 0 Å². The van der Waals surface area contributed by atoms with Crippen LogP contribution in [0.1, 0.15) is 25.0 Å². The Morgan fingerprint density at radius 2 is 1.73 bits per heavy atom. The Kier molecular flexibility index (Phi) is 8.01. The number of hydrogen-bond donors (Lipinski definition) is 5. The molecule has 0 aliphatic carbocycles. The molecule has 0 bridgehead atoms. The molecule has 6 N–H and O–H groups in total. The third-order valence-electron chi connectivity index (χ3n) is 4.42. The van der Waals surface area contributed by atoms with Crippen molar-refractivity contribution in [2.75, 3.05) is 13.2 Å². The second kappa shape index (κ2) is 10.3. The lowest BCUT2D eigenvalue weighted by atomic mass is 10.1. The highest BCUT2D eigenvalue weighted by Crippen LogP contribution is 2.32. The van der Waals surface area contributed by atoms with Gasteiger partial charge in [0, 0.05) is 12.1 Å². The molecule has 11 nitrogen and oxygen atoms in total. The zero-order valence-corrected chi connectivity index (χ0v) is 18.8. The summed E-state index contributed by atoms with van der Waals surface area (Å²) in [5.74, 6) is -2.56. The van der Waals surface area contributed by atoms with E-state index >= 15 is 0 Å². The van der Waals surface area contributed by atoms with Crippen molar-refractivity contribution in [3.05, 3.63) is 53.6 Å². The van der Waals surface area contributed by atoms with Gasteiger partial charge in [0.2, 0.25) is 10.0 Å². The average Bonchev–Trinajstić information content (AvgIpc) is 2.73. The lowest BCUT2D eigenvalue weighted by molar-refractivity contribution is -0.152. The Balaban J connectivity index is 2.13. The molecule has 0 aliphatic heterocycles. The van der Waals surface area contributed by atoms with E-state index in [9.17, 15) is 23.1 Å². The predicted molar refractivity (Wildman–Crippen MR) is 118 cm³/mol. The maximum atomic E-state index is 12.5. The molecule has 178 valence electrons. The number of ether oxygens (including phenoxy) is 2. The SMILES string of the molecule is CC(C)(Oc1ccc(CCNS(=O)(=O)c2ccc(C(=N)N)cc2)cc1OCC(=O)O)C(=O)O. The number of rotatable bonds is 12. The molecule has 2 rings (SSSR count). The standard InChI is InChI=1S/C21H25N3O8S/c1-21(2,20(27)28)32-16-8-3-13(11-17(16)31-12-18(25)26)9-10-24-33(29,30)15-6-4-14(5-7-15)19(22)23/h3-8,11,24H,9-10,12H2,1-2H3,(H3,22,23)(H,25,26)(H,27,28). The summed E-state index contributed by atoms with van der Waals surface area (Å²) in [7, 11) is -3.81. The van der Waals surface area contributed by atoms with E-state index < -0.39 is 34.2 Å². The van der Waals surface area contributed by atoms with Crippen LogP contribution >= 0.6 is 0 Å². The minimum atomic E-state index is -3.81. The van der Waals surface area contributed by atoms with E-state index in [0.29, 0.717) is 11.1 Å². The molecule has 12 heteroatoms. The van der Waals surface area contributed by atoms with Gasteiger partial charge < -0.3 is 25.4 Å². The van der Waals surface area contributed by atoms with Crippen molar-refractivity contribution in [3.63, 3.8) is 0 Å². The Morgan fingerprint density at radius 3 is 2.27 bits per heavy atom. The van der Waals surface area contributed by atoms with Crippen LogP contribution in [0.15, 0.2) is 47.4 Å². The first kappa shape index (κ1) is 25.6. The van der Waals surface area contributed by atoms with E-state index in [1.807, 2.05) is 0 Å². The Morgan fingerprint density at radius 1 is 1.09 bits per heavy atom. The second-order valence-corrected chi connectivity index (χ2v) is 9.23. The number of benzene rings is 2. The van der Waals surface area contributed by atoms with Crippen molar-refractivity contribution in [2.24, 2.45) is 5.73 Å². The molecule has 0 spiro atoms. The van der Waals surface area contributed by atoms with Crippen molar-refractivity contribution in [1.82, 2.24) is 4.72 Å².